The number of benzene rings is 1. The van der Waals surface area contributed by atoms with Gasteiger partial charge in [0.05, 0.1) is 0 Å². The quantitative estimate of drug-likeness (QED) is 0.558. The van der Waals surface area contributed by atoms with Gasteiger partial charge in [0.15, 0.2) is 0 Å². The predicted octanol–water partition coefficient (Wildman–Crippen LogP) is 5.15. The Morgan fingerprint density at radius 2 is 1.21 bits per heavy atom. The molecule has 0 saturated carbocycles. The maximum atomic E-state index is 8.76. The van der Waals surface area contributed by atoms with Crippen LogP contribution >= 0.6 is 47.1 Å². The molecule has 0 atom stereocenters. The Balaban J connectivity index is 0.000000255. The van der Waals surface area contributed by atoms with E-state index in [9.17, 15) is 0 Å². The molecular formula is C7H8Cl5OW. The number of aromatic hydroxyl groups is 1. The number of aryl methyl sites for hydroxylation is 1. The van der Waals surface area contributed by atoms with Gasteiger partial charge in [-0.05, 0) is 19.1 Å². The van der Waals surface area contributed by atoms with Crippen LogP contribution in [-0.4, -0.2) is 5.11 Å². The normalized spacial score (nSPS) is 13.4. The molecule has 0 spiro atoms. The van der Waals surface area contributed by atoms with Crippen molar-refractivity contribution in [2.45, 2.75) is 6.92 Å². The van der Waals surface area contributed by atoms with E-state index in [4.69, 9.17) is 52.2 Å². The van der Waals surface area contributed by atoms with Crippen LogP contribution in [0.25, 0.3) is 0 Å². The summed E-state index contributed by atoms with van der Waals surface area (Å²) in [5.41, 5.74) is 1.17. The van der Waals surface area contributed by atoms with Crippen LogP contribution in [0.4, 0.5) is 0 Å². The van der Waals surface area contributed by atoms with Gasteiger partial charge >= 0.3 is 56.7 Å². The third-order valence-electron chi connectivity index (χ3n) is 1.03. The molecule has 0 aliphatic carbocycles. The van der Waals surface area contributed by atoms with Gasteiger partial charge in [0.2, 0.25) is 0 Å². The Bertz CT molecular complexity index is 251. The second-order valence-electron chi connectivity index (χ2n) is 2.42. The Hall–Kier alpha value is 1.16. The van der Waals surface area contributed by atoms with Crippen molar-refractivity contribution in [3.05, 3.63) is 29.8 Å². The molecule has 0 fully saturated rings. The predicted molar refractivity (Wildman–Crippen MR) is 62.1 cm³/mol. The minimum atomic E-state index is -4.39. The van der Waals surface area contributed by atoms with Gasteiger partial charge in [-0.15, -0.1) is 0 Å². The van der Waals surface area contributed by atoms with E-state index in [1.165, 1.54) is 5.56 Å². The number of phenolic OH excluding ortho intramolecular Hbond substituents is 1. The van der Waals surface area contributed by atoms with Crippen molar-refractivity contribution in [1.82, 2.24) is 0 Å². The monoisotopic (exact) mass is 467 g/mol. The number of phenols is 1. The molecule has 0 aliphatic heterocycles. The Kier molecular flexibility index (Phi) is 5.93. The summed E-state index contributed by atoms with van der Waals surface area (Å²) in [6.07, 6.45) is 0. The first-order chi connectivity index (χ1) is 6.02. The van der Waals surface area contributed by atoms with Gasteiger partial charge in [0, 0.05) is 0 Å². The van der Waals surface area contributed by atoms with E-state index in [1.54, 1.807) is 12.1 Å². The maximum absolute atomic E-state index is 8.76. The zero-order valence-electron chi connectivity index (χ0n) is 7.05. The average molecular weight is 469 g/mol. The molecule has 0 aromatic heterocycles. The van der Waals surface area contributed by atoms with Crippen LogP contribution < -0.4 is 0 Å². The molecule has 14 heavy (non-hydrogen) atoms. The van der Waals surface area contributed by atoms with Gasteiger partial charge in [-0.25, -0.2) is 0 Å². The van der Waals surface area contributed by atoms with E-state index in [0.29, 0.717) is 5.75 Å². The standard InChI is InChI=1S/C7H8O.5ClH.W/c1-6-2-4-7(8)5-3-6;;;;;;/h2-5,8H,1H3;5*1H;/q;;;;;;+5/p-5. The number of hydrogen-bond acceptors (Lipinski definition) is 1. The van der Waals surface area contributed by atoms with E-state index < -0.39 is 9.60 Å². The first kappa shape index (κ1) is 15.2. The summed E-state index contributed by atoms with van der Waals surface area (Å²) in [7, 11) is 20.9. The number of hydrogen-bond donors (Lipinski definition) is 1. The molecule has 83 valence electrons. The fourth-order valence-electron chi connectivity index (χ4n) is 0.545. The third kappa shape index (κ3) is 15.6. The second-order valence-corrected chi connectivity index (χ2v) is 44.8. The van der Waals surface area contributed by atoms with Crippen LogP contribution in [0.1, 0.15) is 5.56 Å². The zero-order valence-corrected chi connectivity index (χ0v) is 13.8. The van der Waals surface area contributed by atoms with Gasteiger partial charge in [-0.3, -0.25) is 0 Å². The van der Waals surface area contributed by atoms with Crippen LogP contribution in [0.3, 0.4) is 0 Å². The van der Waals surface area contributed by atoms with Crippen molar-refractivity contribution >= 4 is 47.1 Å². The molecule has 1 rings (SSSR count). The van der Waals surface area contributed by atoms with Crippen LogP contribution in [0.5, 0.6) is 5.75 Å². The van der Waals surface area contributed by atoms with E-state index >= 15 is 0 Å². The Morgan fingerprint density at radius 1 is 0.929 bits per heavy atom. The Morgan fingerprint density at radius 3 is 1.43 bits per heavy atom. The molecule has 1 aromatic rings. The summed E-state index contributed by atoms with van der Waals surface area (Å²) in [6, 6.07) is 7.09. The van der Waals surface area contributed by atoms with Crippen molar-refractivity contribution < 1.29 is 14.7 Å². The van der Waals surface area contributed by atoms with Crippen molar-refractivity contribution in [2.24, 2.45) is 0 Å². The van der Waals surface area contributed by atoms with Crippen LogP contribution in [-0.2, 0) is 9.60 Å². The van der Waals surface area contributed by atoms with Gasteiger partial charge in [-0.2, -0.15) is 0 Å². The van der Waals surface area contributed by atoms with Gasteiger partial charge < -0.3 is 5.11 Å². The average Bonchev–Trinajstić information content (AvgIpc) is 1.90. The van der Waals surface area contributed by atoms with Gasteiger partial charge in [-0.1, -0.05) is 17.7 Å². The summed E-state index contributed by atoms with van der Waals surface area (Å²) in [5.74, 6) is 0.329. The summed E-state index contributed by atoms with van der Waals surface area (Å²) < 4.78 is 0. The molecule has 1 N–H and O–H groups in total. The van der Waals surface area contributed by atoms with Crippen LogP contribution in [0, 0.1) is 6.92 Å². The van der Waals surface area contributed by atoms with Gasteiger partial charge in [0.25, 0.3) is 0 Å². The molecule has 0 saturated heterocycles. The molecule has 0 bridgehead atoms. The summed E-state index contributed by atoms with van der Waals surface area (Å²) >= 11 is 0. The van der Waals surface area contributed by atoms with Crippen LogP contribution in [0.2, 0.25) is 0 Å². The molecular weight excluding hydrogens is 461 g/mol. The van der Waals surface area contributed by atoms with Crippen molar-refractivity contribution in [2.75, 3.05) is 0 Å². The first-order valence-corrected chi connectivity index (χ1v) is 21.5. The molecule has 0 aliphatic rings. The molecule has 0 amide bonds. The molecule has 0 heterocycles. The van der Waals surface area contributed by atoms with E-state index in [1.807, 2.05) is 19.1 Å². The second kappa shape index (κ2) is 5.48. The van der Waals surface area contributed by atoms with E-state index in [2.05, 4.69) is 0 Å². The molecule has 0 unspecified atom stereocenters. The van der Waals surface area contributed by atoms with Crippen molar-refractivity contribution in [3.8, 4) is 5.75 Å². The molecule has 1 nitrogen and oxygen atoms in total. The summed E-state index contributed by atoms with van der Waals surface area (Å²) in [4.78, 5) is 0. The third-order valence-corrected chi connectivity index (χ3v) is 1.03. The molecule has 7 heteroatoms. The van der Waals surface area contributed by atoms with Crippen molar-refractivity contribution in [3.63, 3.8) is 0 Å². The van der Waals surface area contributed by atoms with Crippen molar-refractivity contribution in [1.29, 1.82) is 0 Å². The number of halogens is 5. The molecule has 1 aromatic carbocycles. The summed E-state index contributed by atoms with van der Waals surface area (Å²) in [6.45, 7) is 1.99. The Labute approximate surface area is 103 Å². The van der Waals surface area contributed by atoms with Gasteiger partial charge in [0.1, 0.15) is 5.75 Å². The van der Waals surface area contributed by atoms with E-state index in [-0.39, 0.29) is 0 Å². The minimum absolute atomic E-state index is 0.329. The SMILES string of the molecule is Cc1ccc(O)cc1.[Cl][W]([Cl])([Cl])([Cl])[Cl]. The van der Waals surface area contributed by atoms with E-state index in [0.717, 1.165) is 0 Å². The fourth-order valence-corrected chi connectivity index (χ4v) is 0.545. The van der Waals surface area contributed by atoms with Crippen LogP contribution in [0.15, 0.2) is 24.3 Å². The zero-order chi connectivity index (χ0) is 11.4. The summed E-state index contributed by atoms with van der Waals surface area (Å²) in [5, 5.41) is 8.76. The topological polar surface area (TPSA) is 20.2 Å². The number of rotatable bonds is 0. The molecule has 0 radical (unpaired) electrons. The first-order valence-electron chi connectivity index (χ1n) is 3.32. The fraction of sp³-hybridized carbons (Fsp3) is 0.143.